The summed E-state index contributed by atoms with van der Waals surface area (Å²) >= 11 is 1.71. The summed E-state index contributed by atoms with van der Waals surface area (Å²) in [6.45, 7) is 0.606. The Morgan fingerprint density at radius 1 is 0.656 bits per heavy atom. The molecule has 0 radical (unpaired) electrons. The summed E-state index contributed by atoms with van der Waals surface area (Å²) < 4.78 is 11.6. The van der Waals surface area contributed by atoms with Crippen LogP contribution < -0.4 is 4.74 Å². The molecule has 160 valence electrons. The Hall–Kier alpha value is -3.50. The number of benzene rings is 4. The minimum absolute atomic E-state index is 0.225. The van der Waals surface area contributed by atoms with Gasteiger partial charge < -0.3 is 9.47 Å². The molecular formula is C28H24O3S. The molecule has 4 heteroatoms. The average molecular weight is 441 g/mol. The van der Waals surface area contributed by atoms with Crippen molar-refractivity contribution in [3.05, 3.63) is 131 Å². The highest BCUT2D eigenvalue weighted by molar-refractivity contribution is 7.98. The molecule has 0 amide bonds. The molecule has 0 saturated carbocycles. The molecule has 32 heavy (non-hydrogen) atoms. The van der Waals surface area contributed by atoms with Gasteiger partial charge in [0.25, 0.3) is 0 Å². The standard InChI is InChI=1S/C28H24O3S/c29-28(31-20-23-12-6-2-7-13-23)26-17-16-25(32-21-24-14-8-3-9-15-24)18-27(26)30-19-22-10-4-1-5-11-22/h1-18H,19-21H2. The van der Waals surface area contributed by atoms with E-state index >= 15 is 0 Å². The fraction of sp³-hybridized carbons (Fsp3) is 0.107. The van der Waals surface area contributed by atoms with E-state index in [0.717, 1.165) is 21.8 Å². The van der Waals surface area contributed by atoms with E-state index in [2.05, 4.69) is 12.1 Å². The lowest BCUT2D eigenvalue weighted by molar-refractivity contribution is 0.0467. The second kappa shape index (κ2) is 11.2. The zero-order chi connectivity index (χ0) is 22.0. The maximum Gasteiger partial charge on any atom is 0.342 e. The van der Waals surface area contributed by atoms with Gasteiger partial charge in [0.1, 0.15) is 24.5 Å². The Bertz CT molecular complexity index is 1130. The number of carbonyl (C=O) groups is 1. The highest BCUT2D eigenvalue weighted by Gasteiger charge is 2.16. The predicted molar refractivity (Wildman–Crippen MR) is 129 cm³/mol. The average Bonchev–Trinajstić information content (AvgIpc) is 2.86. The van der Waals surface area contributed by atoms with Crippen molar-refractivity contribution in [1.29, 1.82) is 0 Å². The largest absolute Gasteiger partial charge is 0.488 e. The molecule has 0 aliphatic carbocycles. The molecule has 0 aromatic heterocycles. The molecular weight excluding hydrogens is 416 g/mol. The predicted octanol–water partition coefficient (Wildman–Crippen LogP) is 6.91. The summed E-state index contributed by atoms with van der Waals surface area (Å²) in [6.07, 6.45) is 0. The first kappa shape index (κ1) is 21.7. The van der Waals surface area contributed by atoms with Gasteiger partial charge in [-0.25, -0.2) is 4.79 Å². The summed E-state index contributed by atoms with van der Waals surface area (Å²) in [5.41, 5.74) is 3.66. The van der Waals surface area contributed by atoms with Crippen LogP contribution in [-0.4, -0.2) is 5.97 Å². The quantitative estimate of drug-likeness (QED) is 0.209. The molecule has 0 bridgehead atoms. The molecule has 4 rings (SSSR count). The fourth-order valence-corrected chi connectivity index (χ4v) is 4.04. The summed E-state index contributed by atoms with van der Waals surface area (Å²) in [5, 5.41) is 0. The van der Waals surface area contributed by atoms with Gasteiger partial charge in [-0.2, -0.15) is 0 Å². The van der Waals surface area contributed by atoms with Crippen LogP contribution in [0.5, 0.6) is 5.75 Å². The number of hydrogen-bond donors (Lipinski definition) is 0. The van der Waals surface area contributed by atoms with Crippen molar-refractivity contribution in [3.8, 4) is 5.75 Å². The van der Waals surface area contributed by atoms with Gasteiger partial charge in [0.15, 0.2) is 0 Å². The van der Waals surface area contributed by atoms with Crippen LogP contribution in [0.4, 0.5) is 0 Å². The second-order valence-electron chi connectivity index (χ2n) is 7.27. The van der Waals surface area contributed by atoms with Gasteiger partial charge in [-0.05, 0) is 34.9 Å². The molecule has 0 spiro atoms. The molecule has 0 unspecified atom stereocenters. The van der Waals surface area contributed by atoms with Crippen LogP contribution >= 0.6 is 11.8 Å². The third-order valence-electron chi connectivity index (χ3n) is 4.87. The third kappa shape index (κ3) is 6.25. The van der Waals surface area contributed by atoms with Gasteiger partial charge in [-0.1, -0.05) is 91.0 Å². The normalized spacial score (nSPS) is 10.5. The van der Waals surface area contributed by atoms with E-state index in [1.54, 1.807) is 17.8 Å². The van der Waals surface area contributed by atoms with Crippen molar-refractivity contribution in [2.45, 2.75) is 23.9 Å². The molecule has 0 N–H and O–H groups in total. The number of thioether (sulfide) groups is 1. The zero-order valence-corrected chi connectivity index (χ0v) is 18.5. The number of ether oxygens (including phenoxy) is 2. The van der Waals surface area contributed by atoms with E-state index in [9.17, 15) is 4.79 Å². The van der Waals surface area contributed by atoms with Gasteiger partial charge in [-0.3, -0.25) is 0 Å². The van der Waals surface area contributed by atoms with Crippen LogP contribution in [0.1, 0.15) is 27.0 Å². The minimum Gasteiger partial charge on any atom is -0.488 e. The molecule has 0 atom stereocenters. The number of rotatable bonds is 9. The molecule has 0 aliphatic heterocycles. The smallest absolute Gasteiger partial charge is 0.342 e. The lowest BCUT2D eigenvalue weighted by Crippen LogP contribution is -2.08. The monoisotopic (exact) mass is 440 g/mol. The fourth-order valence-electron chi connectivity index (χ4n) is 3.16. The van der Waals surface area contributed by atoms with Crippen molar-refractivity contribution in [3.63, 3.8) is 0 Å². The molecule has 4 aromatic carbocycles. The molecule has 4 aromatic rings. The highest BCUT2D eigenvalue weighted by Crippen LogP contribution is 2.30. The lowest BCUT2D eigenvalue weighted by Gasteiger charge is -2.13. The van der Waals surface area contributed by atoms with E-state index in [4.69, 9.17) is 9.47 Å². The topological polar surface area (TPSA) is 35.5 Å². The second-order valence-corrected chi connectivity index (χ2v) is 8.32. The van der Waals surface area contributed by atoms with Crippen molar-refractivity contribution in [2.24, 2.45) is 0 Å². The number of carbonyl (C=O) groups excluding carboxylic acids is 1. The van der Waals surface area contributed by atoms with Crippen LogP contribution in [0.25, 0.3) is 0 Å². The molecule has 3 nitrogen and oxygen atoms in total. The summed E-state index contributed by atoms with van der Waals surface area (Å²) in [4.78, 5) is 13.9. The Morgan fingerprint density at radius 2 is 1.22 bits per heavy atom. The van der Waals surface area contributed by atoms with E-state index in [0.29, 0.717) is 17.9 Å². The van der Waals surface area contributed by atoms with E-state index in [-0.39, 0.29) is 6.61 Å². The minimum atomic E-state index is -0.392. The Labute approximate surface area is 193 Å². The summed E-state index contributed by atoms with van der Waals surface area (Å²) in [6, 6.07) is 35.5. The van der Waals surface area contributed by atoms with Crippen molar-refractivity contribution < 1.29 is 14.3 Å². The SMILES string of the molecule is O=C(OCc1ccccc1)c1ccc(SCc2ccccc2)cc1OCc1ccccc1. The van der Waals surface area contributed by atoms with Crippen LogP contribution in [0, 0.1) is 0 Å². The Kier molecular flexibility index (Phi) is 7.61. The first-order valence-electron chi connectivity index (χ1n) is 10.5. The van der Waals surface area contributed by atoms with Gasteiger partial charge >= 0.3 is 5.97 Å². The highest BCUT2D eigenvalue weighted by atomic mass is 32.2. The van der Waals surface area contributed by atoms with Gasteiger partial charge in [0, 0.05) is 10.6 Å². The molecule has 0 saturated heterocycles. The van der Waals surface area contributed by atoms with Crippen LogP contribution in [-0.2, 0) is 23.7 Å². The molecule has 0 aliphatic rings. The zero-order valence-electron chi connectivity index (χ0n) is 17.6. The maximum absolute atomic E-state index is 12.8. The maximum atomic E-state index is 12.8. The Balaban J connectivity index is 1.49. The Morgan fingerprint density at radius 3 is 1.84 bits per heavy atom. The van der Waals surface area contributed by atoms with Crippen molar-refractivity contribution in [2.75, 3.05) is 0 Å². The van der Waals surface area contributed by atoms with E-state index in [1.807, 2.05) is 91.0 Å². The van der Waals surface area contributed by atoms with E-state index < -0.39 is 5.97 Å². The lowest BCUT2D eigenvalue weighted by atomic mass is 10.2. The first-order chi connectivity index (χ1) is 15.8. The van der Waals surface area contributed by atoms with Gasteiger partial charge in [-0.15, -0.1) is 11.8 Å². The molecule has 0 fully saturated rings. The van der Waals surface area contributed by atoms with Crippen LogP contribution in [0.15, 0.2) is 114 Å². The molecule has 0 heterocycles. The number of esters is 1. The number of hydrogen-bond acceptors (Lipinski definition) is 4. The van der Waals surface area contributed by atoms with Crippen LogP contribution in [0.2, 0.25) is 0 Å². The third-order valence-corrected chi connectivity index (χ3v) is 5.94. The first-order valence-corrected chi connectivity index (χ1v) is 11.4. The van der Waals surface area contributed by atoms with Crippen LogP contribution in [0.3, 0.4) is 0 Å². The van der Waals surface area contributed by atoms with Crippen molar-refractivity contribution in [1.82, 2.24) is 0 Å². The van der Waals surface area contributed by atoms with Gasteiger partial charge in [0.2, 0.25) is 0 Å². The van der Waals surface area contributed by atoms with Crippen molar-refractivity contribution >= 4 is 17.7 Å². The van der Waals surface area contributed by atoms with Gasteiger partial charge in [0.05, 0.1) is 0 Å². The summed E-state index contributed by atoms with van der Waals surface area (Å²) in [7, 11) is 0. The summed E-state index contributed by atoms with van der Waals surface area (Å²) in [5.74, 6) is 0.984. The van der Waals surface area contributed by atoms with E-state index in [1.165, 1.54) is 5.56 Å².